The fourth-order valence-electron chi connectivity index (χ4n) is 2.73. The van der Waals surface area contributed by atoms with Crippen LogP contribution >= 0.6 is 11.8 Å². The molecule has 0 bridgehead atoms. The Morgan fingerprint density at radius 1 is 1.16 bits per heavy atom. The molecule has 0 heterocycles. The topological polar surface area (TPSA) is 114 Å². The van der Waals surface area contributed by atoms with Crippen molar-refractivity contribution in [2.45, 2.75) is 17.1 Å². The van der Waals surface area contributed by atoms with Crippen LogP contribution in [0, 0.1) is 0 Å². The lowest BCUT2D eigenvalue weighted by atomic mass is 10.0. The maximum atomic E-state index is 12.6. The number of para-hydroxylation sites is 1. The summed E-state index contributed by atoms with van der Waals surface area (Å²) in [6.07, 6.45) is 1.50. The van der Waals surface area contributed by atoms with Gasteiger partial charge in [-0.15, -0.1) is 11.8 Å². The van der Waals surface area contributed by atoms with E-state index in [4.69, 9.17) is 24.4 Å². The summed E-state index contributed by atoms with van der Waals surface area (Å²) in [5.74, 6) is -0.784. The zero-order chi connectivity index (χ0) is 22.6. The number of thioether (sulfide) groups is 1. The molecular formula is C22H25NO7S. The number of carbonyl (C=O) groups excluding carboxylic acids is 1. The molecule has 166 valence electrons. The van der Waals surface area contributed by atoms with Crippen molar-refractivity contribution in [3.63, 3.8) is 0 Å². The van der Waals surface area contributed by atoms with Crippen LogP contribution in [0.1, 0.15) is 11.7 Å². The Hall–Kier alpha value is -3.01. The molecule has 0 aliphatic rings. The van der Waals surface area contributed by atoms with E-state index < -0.39 is 24.3 Å². The van der Waals surface area contributed by atoms with Crippen LogP contribution in [0.2, 0.25) is 0 Å². The standard InChI is InChI=1S/C22H25NO7S/c1-28-19(11-12-20(25)26)21(17-5-3-4-6-18(17)29-14-13-24)30-22(27)23-15-7-9-16(31-2)10-8-15/h3-12,19,21,24H,13-14H2,1-2H3,(H,23,27)(H,25,26)/b12-11+/t19-,21-/m1/s1. The molecule has 31 heavy (non-hydrogen) atoms. The Morgan fingerprint density at radius 2 is 1.87 bits per heavy atom. The predicted octanol–water partition coefficient (Wildman–Crippen LogP) is 3.73. The molecule has 3 N–H and O–H groups in total. The van der Waals surface area contributed by atoms with E-state index in [1.54, 1.807) is 48.2 Å². The normalized spacial score (nSPS) is 12.9. The fraction of sp³-hybridized carbons (Fsp3) is 0.273. The van der Waals surface area contributed by atoms with Crippen LogP contribution in [0.15, 0.2) is 65.6 Å². The monoisotopic (exact) mass is 447 g/mol. The maximum absolute atomic E-state index is 12.6. The summed E-state index contributed by atoms with van der Waals surface area (Å²) in [6, 6.07) is 14.0. The first-order chi connectivity index (χ1) is 15.0. The highest BCUT2D eigenvalue weighted by atomic mass is 32.2. The average molecular weight is 448 g/mol. The third kappa shape index (κ3) is 7.63. The lowest BCUT2D eigenvalue weighted by molar-refractivity contribution is -0.131. The molecule has 0 aliphatic carbocycles. The van der Waals surface area contributed by atoms with E-state index in [0.29, 0.717) is 17.0 Å². The molecule has 0 saturated carbocycles. The van der Waals surface area contributed by atoms with Gasteiger partial charge in [0.1, 0.15) is 18.5 Å². The molecule has 0 aromatic heterocycles. The van der Waals surface area contributed by atoms with Gasteiger partial charge in [-0.1, -0.05) is 18.2 Å². The zero-order valence-corrected chi connectivity index (χ0v) is 18.0. The lowest BCUT2D eigenvalue weighted by Gasteiger charge is -2.26. The van der Waals surface area contributed by atoms with Gasteiger partial charge in [-0.3, -0.25) is 5.32 Å². The first kappa shape index (κ1) is 24.3. The molecule has 2 atom stereocenters. The second-order valence-corrected chi connectivity index (χ2v) is 7.07. The minimum absolute atomic E-state index is 0.0420. The quantitative estimate of drug-likeness (QED) is 0.353. The number of carbonyl (C=O) groups is 2. The van der Waals surface area contributed by atoms with Crippen LogP contribution in [-0.2, 0) is 14.3 Å². The van der Waals surface area contributed by atoms with Crippen molar-refractivity contribution in [2.24, 2.45) is 0 Å². The van der Waals surface area contributed by atoms with Crippen LogP contribution in [0.25, 0.3) is 0 Å². The number of methoxy groups -OCH3 is 1. The van der Waals surface area contributed by atoms with Crippen molar-refractivity contribution in [2.75, 3.05) is 31.9 Å². The zero-order valence-electron chi connectivity index (χ0n) is 17.2. The first-order valence-corrected chi connectivity index (χ1v) is 10.6. The van der Waals surface area contributed by atoms with E-state index in [9.17, 15) is 9.59 Å². The van der Waals surface area contributed by atoms with E-state index in [1.165, 1.54) is 13.2 Å². The number of carboxylic acids is 1. The number of benzene rings is 2. The van der Waals surface area contributed by atoms with Crippen LogP contribution in [0.4, 0.5) is 10.5 Å². The highest BCUT2D eigenvalue weighted by molar-refractivity contribution is 7.98. The van der Waals surface area contributed by atoms with Crippen LogP contribution < -0.4 is 10.1 Å². The van der Waals surface area contributed by atoms with Crippen molar-refractivity contribution in [1.82, 2.24) is 0 Å². The van der Waals surface area contributed by atoms with Gasteiger partial charge < -0.3 is 24.4 Å². The van der Waals surface area contributed by atoms with Gasteiger partial charge in [0.25, 0.3) is 0 Å². The van der Waals surface area contributed by atoms with Crippen LogP contribution in [-0.4, -0.2) is 55.0 Å². The molecule has 2 rings (SSSR count). The second-order valence-electron chi connectivity index (χ2n) is 6.19. The van der Waals surface area contributed by atoms with Gasteiger partial charge in [0, 0.05) is 29.3 Å². The molecule has 2 aromatic carbocycles. The predicted molar refractivity (Wildman–Crippen MR) is 118 cm³/mol. The molecule has 1 amide bonds. The SMILES string of the molecule is CO[C@H](/C=C/C(=O)O)[C@H](OC(=O)Nc1ccc(SC)cc1)c1ccccc1OCCO. The largest absolute Gasteiger partial charge is 0.491 e. The number of hydrogen-bond donors (Lipinski definition) is 3. The molecule has 0 saturated heterocycles. The van der Waals surface area contributed by atoms with Crippen molar-refractivity contribution < 1.29 is 34.0 Å². The van der Waals surface area contributed by atoms with E-state index in [0.717, 1.165) is 11.0 Å². The van der Waals surface area contributed by atoms with Gasteiger partial charge >= 0.3 is 12.1 Å². The van der Waals surface area contributed by atoms with E-state index >= 15 is 0 Å². The minimum Gasteiger partial charge on any atom is -0.491 e. The Balaban J connectivity index is 2.30. The minimum atomic E-state index is -1.16. The molecule has 0 radical (unpaired) electrons. The fourth-order valence-corrected chi connectivity index (χ4v) is 3.14. The number of carboxylic acid groups (broad SMARTS) is 1. The third-order valence-corrected chi connectivity index (χ3v) is 4.89. The van der Waals surface area contributed by atoms with Gasteiger partial charge in [-0.05, 0) is 42.7 Å². The van der Waals surface area contributed by atoms with Crippen molar-refractivity contribution in [1.29, 1.82) is 0 Å². The Labute approximate surface area is 184 Å². The van der Waals surface area contributed by atoms with E-state index in [1.807, 2.05) is 18.4 Å². The summed E-state index contributed by atoms with van der Waals surface area (Å²) < 4.78 is 16.6. The summed E-state index contributed by atoms with van der Waals surface area (Å²) in [5.41, 5.74) is 1.01. The maximum Gasteiger partial charge on any atom is 0.412 e. The summed E-state index contributed by atoms with van der Waals surface area (Å²) >= 11 is 1.58. The number of anilines is 1. The molecule has 9 heteroatoms. The van der Waals surface area contributed by atoms with Crippen LogP contribution in [0.5, 0.6) is 5.75 Å². The first-order valence-electron chi connectivity index (χ1n) is 9.36. The van der Waals surface area contributed by atoms with Gasteiger partial charge in [-0.25, -0.2) is 9.59 Å². The van der Waals surface area contributed by atoms with Crippen molar-refractivity contribution >= 4 is 29.5 Å². The van der Waals surface area contributed by atoms with E-state index in [-0.39, 0.29) is 13.2 Å². The summed E-state index contributed by atoms with van der Waals surface area (Å²) in [7, 11) is 1.38. The Morgan fingerprint density at radius 3 is 2.48 bits per heavy atom. The Kier molecular flexibility index (Phi) is 9.89. The third-order valence-electron chi connectivity index (χ3n) is 4.14. The molecule has 8 nitrogen and oxygen atoms in total. The second kappa shape index (κ2) is 12.6. The molecule has 0 aliphatic heterocycles. The number of hydrogen-bond acceptors (Lipinski definition) is 7. The number of rotatable bonds is 11. The number of aliphatic hydroxyl groups is 1. The average Bonchev–Trinajstić information content (AvgIpc) is 2.77. The molecule has 0 fully saturated rings. The summed E-state index contributed by atoms with van der Waals surface area (Å²) in [4.78, 5) is 24.7. The van der Waals surface area contributed by atoms with Crippen molar-refractivity contribution in [3.8, 4) is 5.75 Å². The Bertz CT molecular complexity index is 886. The highest BCUT2D eigenvalue weighted by Crippen LogP contribution is 2.32. The summed E-state index contributed by atoms with van der Waals surface area (Å²) in [5, 5.41) is 20.7. The smallest absolute Gasteiger partial charge is 0.412 e. The van der Waals surface area contributed by atoms with Crippen molar-refractivity contribution in [3.05, 3.63) is 66.2 Å². The van der Waals surface area contributed by atoms with Gasteiger partial charge in [0.05, 0.1) is 6.61 Å². The highest BCUT2D eigenvalue weighted by Gasteiger charge is 2.28. The number of aliphatic hydroxyl groups excluding tert-OH is 1. The molecule has 0 unspecified atom stereocenters. The van der Waals surface area contributed by atoms with Gasteiger partial charge in [0.15, 0.2) is 6.10 Å². The number of nitrogens with one attached hydrogen (secondary N) is 1. The lowest BCUT2D eigenvalue weighted by Crippen LogP contribution is -2.27. The molecule has 2 aromatic rings. The summed E-state index contributed by atoms with van der Waals surface area (Å²) in [6.45, 7) is -0.153. The number of ether oxygens (including phenoxy) is 3. The number of amides is 1. The van der Waals surface area contributed by atoms with E-state index in [2.05, 4.69) is 5.32 Å². The van der Waals surface area contributed by atoms with Crippen LogP contribution in [0.3, 0.4) is 0 Å². The van der Waals surface area contributed by atoms with Gasteiger partial charge in [-0.2, -0.15) is 0 Å². The number of aliphatic carboxylic acids is 1. The van der Waals surface area contributed by atoms with Gasteiger partial charge in [0.2, 0.25) is 0 Å². The molecule has 0 spiro atoms. The molecular weight excluding hydrogens is 422 g/mol.